The van der Waals surface area contributed by atoms with E-state index in [1.807, 2.05) is 6.92 Å². The van der Waals surface area contributed by atoms with Crippen molar-refractivity contribution in [2.45, 2.75) is 30.7 Å². The molecule has 1 rings (SSSR count). The lowest BCUT2D eigenvalue weighted by molar-refractivity contribution is 0.282. The summed E-state index contributed by atoms with van der Waals surface area (Å²) in [6, 6.07) is 4.72. The van der Waals surface area contributed by atoms with Crippen LogP contribution in [0.5, 0.6) is 0 Å². The van der Waals surface area contributed by atoms with Gasteiger partial charge >= 0.3 is 0 Å². The highest BCUT2D eigenvalue weighted by molar-refractivity contribution is 7.89. The highest BCUT2D eigenvalue weighted by Crippen LogP contribution is 2.25. The number of nitrogens with zero attached hydrogens (tertiary/aromatic N) is 1. The Kier molecular flexibility index (Phi) is 5.79. The zero-order valence-electron chi connectivity index (χ0n) is 12.1. The first-order valence-electron chi connectivity index (χ1n) is 6.48. The van der Waals surface area contributed by atoms with E-state index in [0.29, 0.717) is 17.8 Å². The Hall–Kier alpha value is -1.31. The molecule has 0 bridgehead atoms. The first-order valence-corrected chi connectivity index (χ1v) is 7.92. The number of rotatable bonds is 7. The molecule has 1 unspecified atom stereocenters. The maximum atomic E-state index is 12.1. The zero-order chi connectivity index (χ0) is 15.3. The van der Waals surface area contributed by atoms with Crippen molar-refractivity contribution in [3.05, 3.63) is 18.2 Å². The number of aliphatic hydroxyl groups is 1. The van der Waals surface area contributed by atoms with Crippen molar-refractivity contribution < 1.29 is 13.5 Å². The maximum absolute atomic E-state index is 12.1. The van der Waals surface area contributed by atoms with E-state index in [0.717, 1.165) is 10.7 Å². The molecule has 0 heterocycles. The first kappa shape index (κ1) is 16.7. The van der Waals surface area contributed by atoms with Gasteiger partial charge in [0.15, 0.2) is 0 Å². The minimum absolute atomic E-state index is 0.0989. The van der Waals surface area contributed by atoms with Gasteiger partial charge in [-0.05, 0) is 38.0 Å². The van der Waals surface area contributed by atoms with E-state index in [4.69, 9.17) is 10.8 Å². The molecule has 6 nitrogen and oxygen atoms in total. The summed E-state index contributed by atoms with van der Waals surface area (Å²) in [6.45, 7) is 2.10. The van der Waals surface area contributed by atoms with Crippen LogP contribution >= 0.6 is 0 Å². The average molecular weight is 301 g/mol. The van der Waals surface area contributed by atoms with E-state index >= 15 is 0 Å². The number of sulfonamides is 1. The van der Waals surface area contributed by atoms with Crippen LogP contribution in [-0.4, -0.2) is 44.6 Å². The lowest BCUT2D eigenvalue weighted by atomic mass is 10.1. The minimum Gasteiger partial charge on any atom is -0.397 e. The number of hydrogen-bond acceptors (Lipinski definition) is 5. The second-order valence-electron chi connectivity index (χ2n) is 4.95. The molecule has 1 atom stereocenters. The molecule has 1 aromatic carbocycles. The third-order valence-electron chi connectivity index (χ3n) is 3.00. The number of benzene rings is 1. The first-order chi connectivity index (χ1) is 9.28. The third-order valence-corrected chi connectivity index (χ3v) is 4.81. The van der Waals surface area contributed by atoms with Gasteiger partial charge in [0, 0.05) is 26.7 Å². The molecule has 1 aromatic rings. The molecule has 20 heavy (non-hydrogen) atoms. The molecule has 0 fully saturated rings. The molecule has 0 spiro atoms. The van der Waals surface area contributed by atoms with Crippen LogP contribution in [0.1, 0.15) is 19.8 Å². The van der Waals surface area contributed by atoms with E-state index in [9.17, 15) is 8.42 Å². The summed E-state index contributed by atoms with van der Waals surface area (Å²) in [5.74, 6) is 0. The van der Waals surface area contributed by atoms with Gasteiger partial charge in [-0.1, -0.05) is 0 Å². The van der Waals surface area contributed by atoms with Gasteiger partial charge in [0.05, 0.1) is 16.3 Å². The van der Waals surface area contributed by atoms with Crippen LogP contribution in [0.3, 0.4) is 0 Å². The summed E-state index contributed by atoms with van der Waals surface area (Å²) in [5, 5.41) is 12.0. The summed E-state index contributed by atoms with van der Waals surface area (Å²) in [5.41, 5.74) is 6.96. The molecule has 4 N–H and O–H groups in total. The number of nitrogens with two attached hydrogens (primary N) is 1. The van der Waals surface area contributed by atoms with Crippen LogP contribution in [0, 0.1) is 0 Å². The lowest BCUT2D eigenvalue weighted by Crippen LogP contribution is -2.23. The lowest BCUT2D eigenvalue weighted by Gasteiger charge is -2.18. The molecule has 7 heteroatoms. The second-order valence-corrected chi connectivity index (χ2v) is 7.10. The van der Waals surface area contributed by atoms with Gasteiger partial charge in [-0.25, -0.2) is 12.7 Å². The van der Waals surface area contributed by atoms with Crippen molar-refractivity contribution in [1.29, 1.82) is 0 Å². The highest BCUT2D eigenvalue weighted by atomic mass is 32.2. The van der Waals surface area contributed by atoms with Gasteiger partial charge in [0.25, 0.3) is 0 Å². The second kappa shape index (κ2) is 6.92. The van der Waals surface area contributed by atoms with Gasteiger partial charge < -0.3 is 16.2 Å². The van der Waals surface area contributed by atoms with Gasteiger partial charge in [0.2, 0.25) is 10.0 Å². The van der Waals surface area contributed by atoms with Crippen LogP contribution in [0.25, 0.3) is 0 Å². The number of aliphatic hydroxyl groups excluding tert-OH is 1. The Labute approximate surface area is 120 Å². The standard InChI is InChI=1S/C13H23N3O3S/c1-10(5-4-8-17)15-13-9-11(6-7-12(13)14)20(18,19)16(2)3/h6-7,9-10,15,17H,4-5,8,14H2,1-3H3. The van der Waals surface area contributed by atoms with Crippen LogP contribution in [-0.2, 0) is 10.0 Å². The molecule has 0 aromatic heterocycles. The van der Waals surface area contributed by atoms with Crippen molar-refractivity contribution in [3.63, 3.8) is 0 Å². The van der Waals surface area contributed by atoms with E-state index in [1.54, 1.807) is 12.1 Å². The number of nitrogen functional groups attached to an aromatic ring is 1. The highest BCUT2D eigenvalue weighted by Gasteiger charge is 2.18. The summed E-state index contributed by atoms with van der Waals surface area (Å²) < 4.78 is 25.3. The van der Waals surface area contributed by atoms with Crippen LogP contribution in [0.2, 0.25) is 0 Å². The Morgan fingerprint density at radius 1 is 1.40 bits per heavy atom. The van der Waals surface area contributed by atoms with Gasteiger partial charge in [-0.2, -0.15) is 0 Å². The predicted octanol–water partition coefficient (Wildman–Crippen LogP) is 1.09. The molecule has 114 valence electrons. The van der Waals surface area contributed by atoms with E-state index in [2.05, 4.69) is 5.32 Å². The summed E-state index contributed by atoms with van der Waals surface area (Å²) in [4.78, 5) is 0.202. The van der Waals surface area contributed by atoms with Crippen LogP contribution < -0.4 is 11.1 Å². The Balaban J connectivity index is 2.98. The molecular formula is C13H23N3O3S. The third kappa shape index (κ3) is 4.09. The number of nitrogens with one attached hydrogen (secondary N) is 1. The molecule has 0 radical (unpaired) electrons. The average Bonchev–Trinajstić information content (AvgIpc) is 2.38. The van der Waals surface area contributed by atoms with E-state index in [1.165, 1.54) is 20.2 Å². The maximum Gasteiger partial charge on any atom is 0.242 e. The summed E-state index contributed by atoms with van der Waals surface area (Å²) in [6.07, 6.45) is 1.46. The predicted molar refractivity (Wildman–Crippen MR) is 81.1 cm³/mol. The normalized spacial score (nSPS) is 13.4. The van der Waals surface area contributed by atoms with Crippen LogP contribution in [0.15, 0.2) is 23.1 Å². The van der Waals surface area contributed by atoms with E-state index < -0.39 is 10.0 Å². The topological polar surface area (TPSA) is 95.7 Å². The molecule has 0 aliphatic carbocycles. The van der Waals surface area contributed by atoms with Gasteiger partial charge in [0.1, 0.15) is 0 Å². The monoisotopic (exact) mass is 301 g/mol. The van der Waals surface area contributed by atoms with Gasteiger partial charge in [-0.3, -0.25) is 0 Å². The molecule has 0 aliphatic rings. The molecule has 0 saturated carbocycles. The number of hydrogen-bond donors (Lipinski definition) is 3. The molecular weight excluding hydrogens is 278 g/mol. The van der Waals surface area contributed by atoms with Crippen molar-refractivity contribution in [1.82, 2.24) is 4.31 Å². The Bertz CT molecular complexity index is 544. The minimum atomic E-state index is -3.47. The molecule has 0 aliphatic heterocycles. The van der Waals surface area contributed by atoms with Crippen LogP contribution in [0.4, 0.5) is 11.4 Å². The molecule has 0 amide bonds. The van der Waals surface area contributed by atoms with Gasteiger partial charge in [-0.15, -0.1) is 0 Å². The summed E-state index contributed by atoms with van der Waals surface area (Å²) >= 11 is 0. The SMILES string of the molecule is CC(CCCO)Nc1cc(S(=O)(=O)N(C)C)ccc1N. The Morgan fingerprint density at radius 2 is 2.05 bits per heavy atom. The number of anilines is 2. The molecule has 0 saturated heterocycles. The fourth-order valence-corrected chi connectivity index (χ4v) is 2.70. The van der Waals surface area contributed by atoms with Crippen molar-refractivity contribution in [2.75, 3.05) is 31.8 Å². The van der Waals surface area contributed by atoms with Crippen molar-refractivity contribution >= 4 is 21.4 Å². The summed E-state index contributed by atoms with van der Waals surface area (Å²) in [7, 11) is -0.494. The Morgan fingerprint density at radius 3 is 2.60 bits per heavy atom. The quantitative estimate of drug-likeness (QED) is 0.655. The smallest absolute Gasteiger partial charge is 0.242 e. The van der Waals surface area contributed by atoms with Crippen molar-refractivity contribution in [3.8, 4) is 0 Å². The fraction of sp³-hybridized carbons (Fsp3) is 0.538. The van der Waals surface area contributed by atoms with Crippen molar-refractivity contribution in [2.24, 2.45) is 0 Å². The zero-order valence-corrected chi connectivity index (χ0v) is 12.9. The van der Waals surface area contributed by atoms with E-state index in [-0.39, 0.29) is 17.5 Å². The fourth-order valence-electron chi connectivity index (χ4n) is 1.77. The largest absolute Gasteiger partial charge is 0.397 e.